The van der Waals surface area contributed by atoms with Crippen LogP contribution in [0.2, 0.25) is 0 Å². The second kappa shape index (κ2) is 8.95. The van der Waals surface area contributed by atoms with Gasteiger partial charge >= 0.3 is 0 Å². The van der Waals surface area contributed by atoms with Crippen LogP contribution in [0.3, 0.4) is 0 Å². The summed E-state index contributed by atoms with van der Waals surface area (Å²) in [6, 6.07) is 12.2. The molecule has 0 bridgehead atoms. The van der Waals surface area contributed by atoms with Gasteiger partial charge in [0.1, 0.15) is 11.6 Å². The minimum Gasteiger partial charge on any atom is -0.369 e. The third kappa shape index (κ3) is 5.26. The number of rotatable bonds is 6. The maximum Gasteiger partial charge on any atom is 0.234 e. The Kier molecular flexibility index (Phi) is 6.40. The van der Waals surface area contributed by atoms with E-state index in [9.17, 15) is 13.6 Å². The van der Waals surface area contributed by atoms with Crippen LogP contribution >= 0.6 is 0 Å². The van der Waals surface area contributed by atoms with Crippen molar-refractivity contribution in [1.29, 1.82) is 0 Å². The van der Waals surface area contributed by atoms with E-state index in [1.807, 2.05) is 0 Å². The third-order valence-corrected chi connectivity index (χ3v) is 4.87. The highest BCUT2D eigenvalue weighted by atomic mass is 19.1. The predicted octanol–water partition coefficient (Wildman–Crippen LogP) is 2.75. The zero-order valence-corrected chi connectivity index (χ0v) is 15.5. The molecule has 27 heavy (non-hydrogen) atoms. The van der Waals surface area contributed by atoms with Gasteiger partial charge in [-0.05, 0) is 43.2 Å². The topological polar surface area (TPSA) is 35.6 Å². The number of anilines is 1. The number of benzene rings is 2. The number of carbonyl (C=O) groups is 1. The normalized spacial score (nSPS) is 15.0. The maximum absolute atomic E-state index is 13.6. The average molecular weight is 373 g/mol. The van der Waals surface area contributed by atoms with Crippen LogP contribution in [-0.4, -0.2) is 50.1 Å². The smallest absolute Gasteiger partial charge is 0.234 e. The lowest BCUT2D eigenvalue weighted by atomic mass is 10.1. The van der Waals surface area contributed by atoms with Crippen LogP contribution in [0, 0.1) is 18.6 Å². The van der Waals surface area contributed by atoms with Gasteiger partial charge in [0.2, 0.25) is 5.91 Å². The van der Waals surface area contributed by atoms with E-state index in [0.29, 0.717) is 6.54 Å². The molecule has 0 aromatic heterocycles. The van der Waals surface area contributed by atoms with Crippen molar-refractivity contribution in [3.8, 4) is 0 Å². The zero-order valence-electron chi connectivity index (χ0n) is 15.5. The largest absolute Gasteiger partial charge is 0.369 e. The van der Waals surface area contributed by atoms with Crippen LogP contribution in [0.1, 0.15) is 11.1 Å². The van der Waals surface area contributed by atoms with E-state index in [0.717, 1.165) is 26.2 Å². The van der Waals surface area contributed by atoms with Crippen molar-refractivity contribution in [2.45, 2.75) is 13.3 Å². The summed E-state index contributed by atoms with van der Waals surface area (Å²) in [5.41, 5.74) is 2.47. The van der Waals surface area contributed by atoms with Crippen molar-refractivity contribution in [1.82, 2.24) is 10.2 Å². The molecule has 144 valence electrons. The summed E-state index contributed by atoms with van der Waals surface area (Å²) >= 11 is 0. The number of carbonyl (C=O) groups excluding carboxylic acids is 1. The summed E-state index contributed by atoms with van der Waals surface area (Å²) in [5.74, 6) is -1.26. The number of aryl methyl sites for hydroxylation is 1. The molecule has 1 N–H and O–H groups in total. The molecule has 1 aliphatic rings. The van der Waals surface area contributed by atoms with Gasteiger partial charge in [-0.25, -0.2) is 8.78 Å². The number of halogens is 2. The van der Waals surface area contributed by atoms with Gasteiger partial charge in [-0.2, -0.15) is 0 Å². The quantitative estimate of drug-likeness (QED) is 0.846. The Morgan fingerprint density at radius 3 is 2.37 bits per heavy atom. The molecule has 1 heterocycles. The lowest BCUT2D eigenvalue weighted by Crippen LogP contribution is -2.49. The molecule has 0 saturated carbocycles. The van der Waals surface area contributed by atoms with Crippen molar-refractivity contribution in [3.05, 3.63) is 65.2 Å². The Balaban J connectivity index is 1.40. The average Bonchev–Trinajstić information content (AvgIpc) is 2.65. The summed E-state index contributed by atoms with van der Waals surface area (Å²) in [7, 11) is 0. The second-order valence-corrected chi connectivity index (χ2v) is 6.90. The number of hydrogen-bond acceptors (Lipinski definition) is 3. The first kappa shape index (κ1) is 19.3. The molecule has 1 fully saturated rings. The van der Waals surface area contributed by atoms with Crippen LogP contribution < -0.4 is 10.2 Å². The molecule has 2 aromatic carbocycles. The van der Waals surface area contributed by atoms with Crippen molar-refractivity contribution < 1.29 is 13.6 Å². The van der Waals surface area contributed by atoms with Gasteiger partial charge < -0.3 is 10.2 Å². The fourth-order valence-electron chi connectivity index (χ4n) is 3.35. The Morgan fingerprint density at radius 1 is 1.04 bits per heavy atom. The van der Waals surface area contributed by atoms with E-state index in [4.69, 9.17) is 0 Å². The lowest BCUT2D eigenvalue weighted by Gasteiger charge is -2.35. The van der Waals surface area contributed by atoms with Crippen molar-refractivity contribution in [2.75, 3.05) is 44.2 Å². The molecule has 1 saturated heterocycles. The molecule has 0 unspecified atom stereocenters. The van der Waals surface area contributed by atoms with Crippen molar-refractivity contribution >= 4 is 11.6 Å². The van der Waals surface area contributed by atoms with Crippen LogP contribution in [0.5, 0.6) is 0 Å². The van der Waals surface area contributed by atoms with Crippen LogP contribution in [-0.2, 0) is 11.2 Å². The first-order valence-electron chi connectivity index (χ1n) is 9.26. The fraction of sp³-hybridized carbons (Fsp3) is 0.381. The Bertz CT molecular complexity index is 768. The summed E-state index contributed by atoms with van der Waals surface area (Å²) in [6.45, 7) is 5.97. The van der Waals surface area contributed by atoms with Gasteiger partial charge in [-0.1, -0.05) is 18.2 Å². The van der Waals surface area contributed by atoms with Gasteiger partial charge in [-0.15, -0.1) is 0 Å². The molecule has 6 heteroatoms. The Morgan fingerprint density at radius 2 is 1.70 bits per heavy atom. The van der Waals surface area contributed by atoms with Gasteiger partial charge in [0.15, 0.2) is 0 Å². The molecule has 0 atom stereocenters. The van der Waals surface area contributed by atoms with E-state index in [2.05, 4.69) is 46.3 Å². The van der Waals surface area contributed by atoms with Gasteiger partial charge in [0, 0.05) is 44.0 Å². The van der Waals surface area contributed by atoms with Crippen molar-refractivity contribution in [3.63, 3.8) is 0 Å². The van der Waals surface area contributed by atoms with Crippen LogP contribution in [0.25, 0.3) is 0 Å². The standard InChI is InChI=1S/C21H25F2N3O/c1-16-4-2-5-17(14-16)26-12-10-25(11-13-26)15-21(27)24-9-8-18-19(22)6-3-7-20(18)23/h2-7,14H,8-13,15H2,1H3,(H,24,27). The maximum atomic E-state index is 13.6. The minimum atomic E-state index is -0.573. The van der Waals surface area contributed by atoms with E-state index in [-0.39, 0.29) is 24.4 Å². The van der Waals surface area contributed by atoms with Gasteiger partial charge in [-0.3, -0.25) is 9.69 Å². The molecule has 1 aliphatic heterocycles. The molecule has 0 radical (unpaired) electrons. The van der Waals surface area contributed by atoms with Crippen molar-refractivity contribution in [2.24, 2.45) is 0 Å². The Hall–Kier alpha value is -2.47. The third-order valence-electron chi connectivity index (χ3n) is 4.87. The second-order valence-electron chi connectivity index (χ2n) is 6.90. The van der Waals surface area contributed by atoms with Crippen LogP contribution in [0.4, 0.5) is 14.5 Å². The molecule has 4 nitrogen and oxygen atoms in total. The molecule has 2 aromatic rings. The molecule has 3 rings (SSSR count). The van der Waals surface area contributed by atoms with Gasteiger partial charge in [0.25, 0.3) is 0 Å². The van der Waals surface area contributed by atoms with E-state index < -0.39 is 11.6 Å². The highest BCUT2D eigenvalue weighted by Crippen LogP contribution is 2.17. The Labute approximate surface area is 158 Å². The predicted molar refractivity (Wildman–Crippen MR) is 103 cm³/mol. The highest BCUT2D eigenvalue weighted by Gasteiger charge is 2.19. The van der Waals surface area contributed by atoms with Gasteiger partial charge in [0.05, 0.1) is 6.54 Å². The molecule has 0 aliphatic carbocycles. The first-order valence-corrected chi connectivity index (χ1v) is 9.26. The first-order chi connectivity index (χ1) is 13.0. The number of nitrogens with one attached hydrogen (secondary N) is 1. The lowest BCUT2D eigenvalue weighted by molar-refractivity contribution is -0.122. The highest BCUT2D eigenvalue weighted by molar-refractivity contribution is 5.78. The molecule has 1 amide bonds. The number of amides is 1. The van der Waals surface area contributed by atoms with E-state index in [1.165, 1.54) is 29.4 Å². The minimum absolute atomic E-state index is 0.0181. The molecule has 0 spiro atoms. The number of hydrogen-bond donors (Lipinski definition) is 1. The summed E-state index contributed by atoms with van der Waals surface area (Å²) in [5, 5.41) is 2.76. The summed E-state index contributed by atoms with van der Waals surface area (Å²) in [4.78, 5) is 16.5. The SMILES string of the molecule is Cc1cccc(N2CCN(CC(=O)NCCc3c(F)cccc3F)CC2)c1. The van der Waals surface area contributed by atoms with E-state index in [1.54, 1.807) is 0 Å². The van der Waals surface area contributed by atoms with Crippen LogP contribution in [0.15, 0.2) is 42.5 Å². The van der Waals surface area contributed by atoms with E-state index >= 15 is 0 Å². The summed E-state index contributed by atoms with van der Waals surface area (Å²) < 4.78 is 27.2. The number of nitrogens with zero attached hydrogens (tertiary/aromatic N) is 2. The molecular weight excluding hydrogens is 348 g/mol. The fourth-order valence-corrected chi connectivity index (χ4v) is 3.35. The zero-order chi connectivity index (χ0) is 19.2. The molecular formula is C21H25F2N3O. The monoisotopic (exact) mass is 373 g/mol. The number of piperazine rings is 1. The summed E-state index contributed by atoms with van der Waals surface area (Å²) in [6.07, 6.45) is 0.144.